The third kappa shape index (κ3) is 5.38. The molecular formula is C28H23ClN4OS2. The summed E-state index contributed by atoms with van der Waals surface area (Å²) >= 11 is 9.72. The van der Waals surface area contributed by atoms with E-state index in [2.05, 4.69) is 27.8 Å². The molecule has 180 valence electrons. The van der Waals surface area contributed by atoms with Gasteiger partial charge in [0.2, 0.25) is 0 Å². The number of nitrogens with one attached hydrogen (secondary N) is 1. The van der Waals surface area contributed by atoms with E-state index in [0.29, 0.717) is 10.8 Å². The summed E-state index contributed by atoms with van der Waals surface area (Å²) < 4.78 is 7.22. The van der Waals surface area contributed by atoms with Crippen molar-refractivity contribution in [3.63, 3.8) is 0 Å². The van der Waals surface area contributed by atoms with Crippen LogP contribution >= 0.6 is 34.7 Å². The normalized spacial score (nSPS) is 11.3. The van der Waals surface area contributed by atoms with Gasteiger partial charge in [0, 0.05) is 50.6 Å². The van der Waals surface area contributed by atoms with Crippen LogP contribution in [0.1, 0.15) is 18.2 Å². The molecule has 0 atom stereocenters. The van der Waals surface area contributed by atoms with E-state index >= 15 is 0 Å². The molecule has 2 aromatic carbocycles. The van der Waals surface area contributed by atoms with Gasteiger partial charge in [0.1, 0.15) is 17.9 Å². The molecule has 0 aliphatic rings. The molecule has 3 heterocycles. The van der Waals surface area contributed by atoms with Crippen LogP contribution in [0, 0.1) is 6.92 Å². The molecular weight excluding hydrogens is 508 g/mol. The SMILES string of the molecule is C/C=C\Nc1cc(C)nc2c(OCc3c(Cl)cncc3Sc3nc(-c4ccccc4)cs3)cccc12. The number of ether oxygens (including phenoxy) is 1. The number of aryl methyl sites for hydroxylation is 1. The number of thiazole rings is 1. The Labute approximate surface area is 223 Å². The molecule has 0 fully saturated rings. The Morgan fingerprint density at radius 1 is 1.08 bits per heavy atom. The Kier molecular flexibility index (Phi) is 7.51. The van der Waals surface area contributed by atoms with Crippen LogP contribution in [0.25, 0.3) is 22.2 Å². The molecule has 0 amide bonds. The molecule has 5 rings (SSSR count). The highest BCUT2D eigenvalue weighted by Crippen LogP contribution is 2.38. The van der Waals surface area contributed by atoms with Gasteiger partial charge in [-0.25, -0.2) is 9.97 Å². The predicted molar refractivity (Wildman–Crippen MR) is 150 cm³/mol. The van der Waals surface area contributed by atoms with E-state index in [-0.39, 0.29) is 6.61 Å². The molecule has 1 N–H and O–H groups in total. The molecule has 0 radical (unpaired) electrons. The fourth-order valence-electron chi connectivity index (χ4n) is 3.72. The Morgan fingerprint density at radius 2 is 1.94 bits per heavy atom. The van der Waals surface area contributed by atoms with Crippen LogP contribution in [-0.4, -0.2) is 15.0 Å². The Bertz CT molecular complexity index is 1540. The first-order chi connectivity index (χ1) is 17.6. The summed E-state index contributed by atoms with van der Waals surface area (Å²) in [5.74, 6) is 0.698. The first-order valence-corrected chi connectivity index (χ1v) is 13.4. The van der Waals surface area contributed by atoms with E-state index in [1.165, 1.54) is 0 Å². The van der Waals surface area contributed by atoms with Crippen LogP contribution in [0.4, 0.5) is 5.69 Å². The van der Waals surface area contributed by atoms with Crippen molar-refractivity contribution in [1.29, 1.82) is 0 Å². The minimum atomic E-state index is 0.285. The molecule has 5 aromatic rings. The van der Waals surface area contributed by atoms with Crippen molar-refractivity contribution in [3.8, 4) is 17.0 Å². The van der Waals surface area contributed by atoms with Crippen LogP contribution in [0.15, 0.2) is 93.9 Å². The van der Waals surface area contributed by atoms with Crippen molar-refractivity contribution in [2.24, 2.45) is 0 Å². The molecule has 0 bridgehead atoms. The average Bonchev–Trinajstić information content (AvgIpc) is 3.36. The largest absolute Gasteiger partial charge is 0.487 e. The molecule has 5 nitrogen and oxygen atoms in total. The Balaban J connectivity index is 1.41. The van der Waals surface area contributed by atoms with Gasteiger partial charge in [-0.1, -0.05) is 71.9 Å². The van der Waals surface area contributed by atoms with Crippen molar-refractivity contribution in [3.05, 3.63) is 101 Å². The summed E-state index contributed by atoms with van der Waals surface area (Å²) in [5.41, 5.74) is 5.60. The van der Waals surface area contributed by atoms with Crippen LogP contribution in [0.5, 0.6) is 5.75 Å². The number of para-hydroxylation sites is 1. The first-order valence-electron chi connectivity index (χ1n) is 11.3. The predicted octanol–water partition coefficient (Wildman–Crippen LogP) is 8.39. The number of aromatic nitrogens is 3. The van der Waals surface area contributed by atoms with Crippen molar-refractivity contribution < 1.29 is 4.74 Å². The number of benzene rings is 2. The summed E-state index contributed by atoms with van der Waals surface area (Å²) in [6, 6.07) is 18.1. The highest BCUT2D eigenvalue weighted by Gasteiger charge is 2.15. The van der Waals surface area contributed by atoms with Crippen LogP contribution in [-0.2, 0) is 6.61 Å². The molecule has 0 aliphatic heterocycles. The van der Waals surface area contributed by atoms with Crippen molar-refractivity contribution in [2.45, 2.75) is 29.7 Å². The first kappa shape index (κ1) is 24.3. The minimum absolute atomic E-state index is 0.285. The van der Waals surface area contributed by atoms with E-state index in [9.17, 15) is 0 Å². The second-order valence-electron chi connectivity index (χ2n) is 7.96. The summed E-state index contributed by atoms with van der Waals surface area (Å²) in [6.07, 6.45) is 7.32. The van der Waals surface area contributed by atoms with E-state index in [1.54, 1.807) is 29.3 Å². The second kappa shape index (κ2) is 11.1. The number of nitrogens with zero attached hydrogens (tertiary/aromatic N) is 3. The maximum Gasteiger partial charge on any atom is 0.155 e. The fraction of sp³-hybridized carbons (Fsp3) is 0.107. The molecule has 8 heteroatoms. The van der Waals surface area contributed by atoms with Gasteiger partial charge in [-0.2, -0.15) is 0 Å². The summed E-state index contributed by atoms with van der Waals surface area (Å²) in [6.45, 7) is 4.23. The summed E-state index contributed by atoms with van der Waals surface area (Å²) in [4.78, 5) is 14.8. The monoisotopic (exact) mass is 530 g/mol. The quantitative estimate of drug-likeness (QED) is 0.217. The van der Waals surface area contributed by atoms with Gasteiger partial charge in [-0.3, -0.25) is 4.98 Å². The highest BCUT2D eigenvalue weighted by molar-refractivity contribution is 8.01. The smallest absolute Gasteiger partial charge is 0.155 e. The lowest BCUT2D eigenvalue weighted by atomic mass is 10.1. The number of pyridine rings is 2. The zero-order valence-electron chi connectivity index (χ0n) is 19.7. The van der Waals surface area contributed by atoms with E-state index in [4.69, 9.17) is 26.3 Å². The summed E-state index contributed by atoms with van der Waals surface area (Å²) in [5, 5.41) is 6.93. The number of allylic oxidation sites excluding steroid dienone is 1. The average molecular weight is 531 g/mol. The molecule has 0 spiro atoms. The number of anilines is 1. The standard InChI is InChI=1S/C28H23ClN4OS2/c1-3-12-31-23-13-18(2)32-27-20(23)10-7-11-25(27)34-16-21-22(29)14-30-15-26(21)36-28-33-24(17-35-28)19-8-5-4-6-9-19/h3-15,17H,16H2,1-2H3,(H,31,32)/b12-3-. The van der Waals surface area contributed by atoms with Crippen LogP contribution in [0.2, 0.25) is 5.02 Å². The fourth-order valence-corrected chi connectivity index (χ4v) is 5.89. The molecule has 3 aromatic heterocycles. The van der Waals surface area contributed by atoms with Gasteiger partial charge in [-0.05, 0) is 32.2 Å². The van der Waals surface area contributed by atoms with Gasteiger partial charge in [0.05, 0.1) is 10.7 Å². The zero-order chi connectivity index (χ0) is 24.9. The molecule has 0 saturated carbocycles. The summed E-state index contributed by atoms with van der Waals surface area (Å²) in [7, 11) is 0. The number of hydrogen-bond donors (Lipinski definition) is 1. The maximum absolute atomic E-state index is 6.58. The topological polar surface area (TPSA) is 59.9 Å². The Hall–Kier alpha value is -3.39. The number of fused-ring (bicyclic) bond motifs is 1. The van der Waals surface area contributed by atoms with Gasteiger partial charge in [0.15, 0.2) is 4.34 Å². The minimum Gasteiger partial charge on any atom is -0.487 e. The molecule has 0 aliphatic carbocycles. The van der Waals surface area contributed by atoms with Crippen LogP contribution in [0.3, 0.4) is 0 Å². The molecule has 0 unspecified atom stereocenters. The molecule has 36 heavy (non-hydrogen) atoms. The number of halogens is 1. The third-order valence-corrected chi connectivity index (χ3v) is 7.76. The lowest BCUT2D eigenvalue weighted by Gasteiger charge is -2.14. The zero-order valence-corrected chi connectivity index (χ0v) is 22.1. The van der Waals surface area contributed by atoms with Gasteiger partial charge < -0.3 is 10.1 Å². The van der Waals surface area contributed by atoms with Gasteiger partial charge in [-0.15, -0.1) is 11.3 Å². The lowest BCUT2D eigenvalue weighted by Crippen LogP contribution is -2.01. The highest BCUT2D eigenvalue weighted by atomic mass is 35.5. The Morgan fingerprint density at radius 3 is 2.78 bits per heavy atom. The van der Waals surface area contributed by atoms with E-state index in [0.717, 1.165) is 48.3 Å². The number of rotatable bonds is 8. The van der Waals surface area contributed by atoms with Gasteiger partial charge in [0.25, 0.3) is 0 Å². The lowest BCUT2D eigenvalue weighted by molar-refractivity contribution is 0.306. The van der Waals surface area contributed by atoms with Crippen molar-refractivity contribution in [1.82, 2.24) is 15.0 Å². The van der Waals surface area contributed by atoms with E-state index < -0.39 is 0 Å². The van der Waals surface area contributed by atoms with E-state index in [1.807, 2.05) is 74.8 Å². The maximum atomic E-state index is 6.58. The number of hydrogen-bond acceptors (Lipinski definition) is 7. The van der Waals surface area contributed by atoms with Crippen LogP contribution < -0.4 is 10.1 Å². The second-order valence-corrected chi connectivity index (χ2v) is 10.5. The van der Waals surface area contributed by atoms with Crippen molar-refractivity contribution >= 4 is 51.3 Å². The van der Waals surface area contributed by atoms with Crippen molar-refractivity contribution in [2.75, 3.05) is 5.32 Å². The van der Waals surface area contributed by atoms with Gasteiger partial charge >= 0.3 is 0 Å². The molecule has 0 saturated heterocycles. The third-order valence-electron chi connectivity index (χ3n) is 5.42.